The fraction of sp³-hybridized carbons (Fsp3) is 0.342. The number of hydrogen-bond donors (Lipinski definition) is 2. The van der Waals surface area contributed by atoms with Gasteiger partial charge in [0, 0.05) is 41.9 Å². The van der Waals surface area contributed by atoms with Crippen LogP contribution in [-0.2, 0) is 37.3 Å². The fourth-order valence-electron chi connectivity index (χ4n) is 6.35. The Morgan fingerprint density at radius 3 is 2.39 bits per heavy atom. The molecule has 300 valence electrons. The zero-order valence-electron chi connectivity index (χ0n) is 31.6. The number of amides is 1. The summed E-state index contributed by atoms with van der Waals surface area (Å²) in [5.74, 6) is -1.22. The number of pyridine rings is 2. The molecule has 19 heteroatoms. The zero-order valence-corrected chi connectivity index (χ0v) is 33.3. The number of nitro groups is 1. The summed E-state index contributed by atoms with van der Waals surface area (Å²) in [7, 11) is -4.12. The number of nitrogens with one attached hydrogen (secondary N) is 1. The normalized spacial score (nSPS) is 16.8. The number of aliphatic hydroxyl groups excluding tert-OH is 1. The Bertz CT molecular complexity index is 2450. The summed E-state index contributed by atoms with van der Waals surface area (Å²) in [5, 5.41) is 24.5. The number of thioether (sulfide) groups is 1. The first-order chi connectivity index (χ1) is 26.9. The highest BCUT2D eigenvalue weighted by atomic mass is 32.2. The molecule has 5 aromatic rings. The molecule has 1 aliphatic heterocycles. The molecule has 3 aromatic heterocycles. The van der Waals surface area contributed by atoms with E-state index in [0.29, 0.717) is 22.4 Å². The van der Waals surface area contributed by atoms with Crippen LogP contribution in [0.2, 0.25) is 0 Å². The van der Waals surface area contributed by atoms with Crippen LogP contribution >= 0.6 is 11.8 Å². The molecule has 1 amide bonds. The number of fused-ring (bicyclic) bond motifs is 1. The molecule has 0 saturated carbocycles. The molecule has 0 radical (unpaired) electrons. The molecule has 0 spiro atoms. The number of imidazole rings is 1. The van der Waals surface area contributed by atoms with E-state index in [9.17, 15) is 38.0 Å². The van der Waals surface area contributed by atoms with Gasteiger partial charge in [-0.2, -0.15) is 4.31 Å². The largest absolute Gasteiger partial charge is 0.463 e. The molecule has 2 aromatic carbocycles. The van der Waals surface area contributed by atoms with Gasteiger partial charge >= 0.3 is 11.7 Å². The van der Waals surface area contributed by atoms with Gasteiger partial charge in [-0.05, 0) is 88.7 Å². The highest BCUT2D eigenvalue weighted by Gasteiger charge is 2.51. The number of aliphatic hydroxyl groups is 1. The summed E-state index contributed by atoms with van der Waals surface area (Å²) in [6, 6.07) is 15.6. The van der Waals surface area contributed by atoms with Crippen molar-refractivity contribution in [1.29, 1.82) is 0 Å². The van der Waals surface area contributed by atoms with E-state index in [0.717, 1.165) is 4.31 Å². The van der Waals surface area contributed by atoms with Gasteiger partial charge in [0.25, 0.3) is 5.69 Å². The summed E-state index contributed by atoms with van der Waals surface area (Å²) in [6.45, 7) is 8.32. The first kappa shape index (κ1) is 41.0. The van der Waals surface area contributed by atoms with Gasteiger partial charge in [0.15, 0.2) is 5.65 Å². The lowest BCUT2D eigenvalue weighted by molar-refractivity contribution is -0.384. The number of non-ortho nitro benzene ring substituents is 1. The van der Waals surface area contributed by atoms with E-state index >= 15 is 0 Å². The van der Waals surface area contributed by atoms with Crippen molar-refractivity contribution >= 4 is 50.5 Å². The van der Waals surface area contributed by atoms with E-state index in [1.807, 2.05) is 0 Å². The van der Waals surface area contributed by atoms with Crippen molar-refractivity contribution < 1.29 is 37.5 Å². The van der Waals surface area contributed by atoms with Crippen LogP contribution in [0.15, 0.2) is 101 Å². The minimum atomic E-state index is -4.12. The average molecular weight is 820 g/mol. The van der Waals surface area contributed by atoms with Crippen molar-refractivity contribution in [3.8, 4) is 11.4 Å². The van der Waals surface area contributed by atoms with Crippen LogP contribution in [-0.4, -0.2) is 88.3 Å². The number of ether oxygens (including phenoxy) is 2. The van der Waals surface area contributed by atoms with E-state index in [2.05, 4.69) is 15.3 Å². The molecule has 4 heterocycles. The quantitative estimate of drug-likeness (QED) is 0.0749. The van der Waals surface area contributed by atoms with Gasteiger partial charge in [-0.1, -0.05) is 12.1 Å². The Kier molecular flexibility index (Phi) is 11.6. The third-order valence-corrected chi connectivity index (χ3v) is 12.3. The minimum Gasteiger partial charge on any atom is -0.463 e. The first-order valence-corrected chi connectivity index (χ1v) is 20.1. The van der Waals surface area contributed by atoms with Gasteiger partial charge in [-0.15, -0.1) is 11.8 Å². The Morgan fingerprint density at radius 2 is 1.75 bits per heavy atom. The second kappa shape index (κ2) is 16.1. The summed E-state index contributed by atoms with van der Waals surface area (Å²) in [5.41, 5.74) is 0.113. The van der Waals surface area contributed by atoms with Gasteiger partial charge < -0.3 is 19.9 Å². The second-order valence-electron chi connectivity index (χ2n) is 14.7. The second-order valence-corrected chi connectivity index (χ2v) is 18.2. The number of hydrogen-bond acceptors (Lipinski definition) is 13. The summed E-state index contributed by atoms with van der Waals surface area (Å²) >= 11 is 1.30. The number of benzene rings is 2. The maximum Gasteiger partial charge on any atom is 0.335 e. The van der Waals surface area contributed by atoms with Gasteiger partial charge in [-0.25, -0.2) is 27.6 Å². The maximum atomic E-state index is 14.1. The Balaban J connectivity index is 1.24. The standard InChI is InChI=1S/C38H41N7O10S2/c1-37(2,3)55-35(48)29(41-34(47)32-38(4,5)56-23-43(32)57(52,53)28-8-6-18-39-21-28)20-24-10-12-25(13-11-24)44-33-30(9-7-19-40-33)42(36(44)49)22-31(46)54-27-16-14-26(15-17-27)45(50)51/h6-19,21,29,31-32,46H,20,22-23H2,1-5H3,(H,41,47)/t29-,31?,32+/m0/s1. The molecule has 1 fully saturated rings. The van der Waals surface area contributed by atoms with Crippen LogP contribution in [0, 0.1) is 10.1 Å². The molecule has 0 bridgehead atoms. The van der Waals surface area contributed by atoms with Gasteiger partial charge in [0.05, 0.1) is 28.5 Å². The number of carbonyl (C=O) groups is 2. The average Bonchev–Trinajstić information content (AvgIpc) is 3.63. The molecule has 57 heavy (non-hydrogen) atoms. The van der Waals surface area contributed by atoms with Crippen molar-refractivity contribution in [2.24, 2.45) is 0 Å². The summed E-state index contributed by atoms with van der Waals surface area (Å²) < 4.78 is 41.5. The number of sulfonamides is 1. The van der Waals surface area contributed by atoms with Crippen molar-refractivity contribution in [1.82, 2.24) is 28.7 Å². The van der Waals surface area contributed by atoms with Crippen LogP contribution < -0.4 is 15.7 Å². The van der Waals surface area contributed by atoms with Crippen LogP contribution in [0.3, 0.4) is 0 Å². The molecule has 6 rings (SSSR count). The number of carbonyl (C=O) groups excluding carboxylic acids is 2. The number of rotatable bonds is 13. The van der Waals surface area contributed by atoms with E-state index in [-0.39, 0.29) is 35.2 Å². The molecular weight excluding hydrogens is 779 g/mol. The predicted molar refractivity (Wildman–Crippen MR) is 210 cm³/mol. The number of nitrogens with zero attached hydrogens (tertiary/aromatic N) is 6. The lowest BCUT2D eigenvalue weighted by atomic mass is 10.0. The van der Waals surface area contributed by atoms with Crippen LogP contribution in [0.1, 0.15) is 40.2 Å². The van der Waals surface area contributed by atoms with Gasteiger partial charge in [0.1, 0.15) is 28.3 Å². The summed E-state index contributed by atoms with van der Waals surface area (Å²) in [6.07, 6.45) is 2.66. The molecule has 3 atom stereocenters. The SMILES string of the molecule is CC(C)(C)OC(=O)[C@H](Cc1ccc(-n2c(=O)n(CC(O)Oc3ccc([N+](=O)[O-])cc3)c3cccnc32)cc1)NC(=O)[C@H]1N(S(=O)(=O)c2cccnc2)CSC1(C)C. The lowest BCUT2D eigenvalue weighted by Gasteiger charge is -2.32. The van der Waals surface area contributed by atoms with Crippen molar-refractivity contribution in [3.63, 3.8) is 0 Å². The first-order valence-electron chi connectivity index (χ1n) is 17.7. The monoisotopic (exact) mass is 819 g/mol. The summed E-state index contributed by atoms with van der Waals surface area (Å²) in [4.78, 5) is 60.2. The Morgan fingerprint density at radius 1 is 1.07 bits per heavy atom. The maximum absolute atomic E-state index is 14.1. The molecular formula is C38H41N7O10S2. The zero-order chi connectivity index (χ0) is 41.3. The van der Waals surface area contributed by atoms with Crippen molar-refractivity contribution in [2.75, 3.05) is 5.88 Å². The molecule has 0 aliphatic carbocycles. The van der Waals surface area contributed by atoms with E-state index in [1.54, 1.807) is 71.0 Å². The third-order valence-electron chi connectivity index (χ3n) is 8.99. The van der Waals surface area contributed by atoms with Gasteiger partial charge in [0.2, 0.25) is 22.2 Å². The lowest BCUT2D eigenvalue weighted by Crippen LogP contribution is -2.57. The molecule has 17 nitrogen and oxygen atoms in total. The van der Waals surface area contributed by atoms with Crippen molar-refractivity contribution in [3.05, 3.63) is 118 Å². The topological polar surface area (TPSA) is 218 Å². The molecule has 1 saturated heterocycles. The highest BCUT2D eigenvalue weighted by Crippen LogP contribution is 2.42. The molecule has 1 unspecified atom stereocenters. The van der Waals surface area contributed by atoms with Crippen LogP contribution in [0.5, 0.6) is 5.75 Å². The van der Waals surface area contributed by atoms with E-state index in [4.69, 9.17) is 9.47 Å². The fourth-order valence-corrected chi connectivity index (χ4v) is 9.48. The number of esters is 1. The Labute approximate surface area is 331 Å². The smallest absolute Gasteiger partial charge is 0.335 e. The molecule has 1 aliphatic rings. The van der Waals surface area contributed by atoms with Crippen LogP contribution in [0.4, 0.5) is 5.69 Å². The predicted octanol–water partition coefficient (Wildman–Crippen LogP) is 3.80. The Hall–Kier alpha value is -5.63. The van der Waals surface area contributed by atoms with E-state index < -0.39 is 61.2 Å². The number of nitro benzene ring substituents is 1. The highest BCUT2D eigenvalue weighted by molar-refractivity contribution is 8.02. The van der Waals surface area contributed by atoms with Gasteiger partial charge in [-0.3, -0.25) is 24.5 Å². The minimum absolute atomic E-state index is 0.0112. The third kappa shape index (κ3) is 9.01. The van der Waals surface area contributed by atoms with Crippen molar-refractivity contribution in [2.45, 2.75) is 81.2 Å². The van der Waals surface area contributed by atoms with Crippen LogP contribution in [0.25, 0.3) is 16.9 Å². The number of aromatic nitrogens is 4. The van der Waals surface area contributed by atoms with E-state index in [1.165, 1.54) is 75.9 Å². The molecule has 2 N–H and O–H groups in total.